The van der Waals surface area contributed by atoms with E-state index in [2.05, 4.69) is 16.4 Å². The van der Waals surface area contributed by atoms with Gasteiger partial charge < -0.3 is 5.32 Å². The zero-order chi connectivity index (χ0) is 13.8. The van der Waals surface area contributed by atoms with Crippen molar-refractivity contribution in [1.82, 2.24) is 10.3 Å². The minimum absolute atomic E-state index is 0.175. The van der Waals surface area contributed by atoms with Crippen molar-refractivity contribution in [2.45, 2.75) is 13.1 Å². The first-order valence-electron chi connectivity index (χ1n) is 6.62. The highest BCUT2D eigenvalue weighted by Crippen LogP contribution is 2.12. The summed E-state index contributed by atoms with van der Waals surface area (Å²) in [5.74, 6) is -0.175. The maximum absolute atomic E-state index is 13.5. The van der Waals surface area contributed by atoms with E-state index in [4.69, 9.17) is 0 Å². The molecule has 0 aliphatic heterocycles. The molecule has 0 spiro atoms. The van der Waals surface area contributed by atoms with E-state index in [0.29, 0.717) is 18.7 Å². The monoisotopic (exact) mass is 266 g/mol. The van der Waals surface area contributed by atoms with Crippen LogP contribution in [0.15, 0.2) is 60.7 Å². The van der Waals surface area contributed by atoms with Crippen LogP contribution in [0.4, 0.5) is 4.39 Å². The average Bonchev–Trinajstić information content (AvgIpc) is 2.49. The minimum Gasteiger partial charge on any atom is -0.307 e. The lowest BCUT2D eigenvalue weighted by atomic mass is 10.2. The van der Waals surface area contributed by atoms with Crippen LogP contribution in [-0.2, 0) is 13.1 Å². The van der Waals surface area contributed by atoms with Gasteiger partial charge >= 0.3 is 0 Å². The maximum Gasteiger partial charge on any atom is 0.127 e. The molecule has 2 nitrogen and oxygen atoms in total. The first-order chi connectivity index (χ1) is 9.83. The van der Waals surface area contributed by atoms with Crippen LogP contribution >= 0.6 is 0 Å². The van der Waals surface area contributed by atoms with Gasteiger partial charge in [0.2, 0.25) is 0 Å². The maximum atomic E-state index is 13.5. The van der Waals surface area contributed by atoms with Gasteiger partial charge in [0.15, 0.2) is 0 Å². The Morgan fingerprint density at radius 1 is 0.850 bits per heavy atom. The predicted molar refractivity (Wildman–Crippen MR) is 78.7 cm³/mol. The van der Waals surface area contributed by atoms with Crippen molar-refractivity contribution in [3.8, 4) is 0 Å². The molecular formula is C17H15FN2. The number of hydrogen-bond donors (Lipinski definition) is 1. The molecule has 0 saturated heterocycles. The van der Waals surface area contributed by atoms with Crippen LogP contribution in [0.3, 0.4) is 0 Å². The van der Waals surface area contributed by atoms with E-state index >= 15 is 0 Å². The summed E-state index contributed by atoms with van der Waals surface area (Å²) in [6, 6.07) is 18.9. The molecule has 1 N–H and O–H groups in total. The van der Waals surface area contributed by atoms with Crippen molar-refractivity contribution in [3.05, 3.63) is 77.7 Å². The van der Waals surface area contributed by atoms with Crippen molar-refractivity contribution in [2.75, 3.05) is 0 Å². The summed E-state index contributed by atoms with van der Waals surface area (Å²) < 4.78 is 13.5. The molecule has 1 heterocycles. The van der Waals surface area contributed by atoms with E-state index in [1.54, 1.807) is 12.1 Å². The van der Waals surface area contributed by atoms with Gasteiger partial charge in [-0.05, 0) is 18.2 Å². The second kappa shape index (κ2) is 5.80. The van der Waals surface area contributed by atoms with Crippen LogP contribution in [0.2, 0.25) is 0 Å². The molecule has 100 valence electrons. The third-order valence-electron chi connectivity index (χ3n) is 3.24. The quantitative estimate of drug-likeness (QED) is 0.779. The Labute approximate surface area is 117 Å². The van der Waals surface area contributed by atoms with Gasteiger partial charge in [0.05, 0.1) is 11.2 Å². The number of nitrogens with one attached hydrogen (secondary N) is 1. The third-order valence-corrected chi connectivity index (χ3v) is 3.24. The molecule has 0 amide bonds. The largest absolute Gasteiger partial charge is 0.307 e. The Kier molecular flexibility index (Phi) is 3.70. The lowest BCUT2D eigenvalue weighted by Gasteiger charge is -2.06. The fourth-order valence-corrected chi connectivity index (χ4v) is 2.17. The Bertz CT molecular complexity index is 725. The number of halogens is 1. The molecule has 0 aliphatic rings. The van der Waals surface area contributed by atoms with Crippen molar-refractivity contribution >= 4 is 10.9 Å². The first-order valence-corrected chi connectivity index (χ1v) is 6.62. The summed E-state index contributed by atoms with van der Waals surface area (Å²) in [5.41, 5.74) is 2.62. The van der Waals surface area contributed by atoms with Crippen molar-refractivity contribution in [2.24, 2.45) is 0 Å². The summed E-state index contributed by atoms with van der Waals surface area (Å²) in [6.07, 6.45) is 0. The normalized spacial score (nSPS) is 10.8. The summed E-state index contributed by atoms with van der Waals surface area (Å²) in [7, 11) is 0. The van der Waals surface area contributed by atoms with E-state index in [-0.39, 0.29) is 5.82 Å². The van der Waals surface area contributed by atoms with E-state index in [9.17, 15) is 4.39 Å². The second-order valence-electron chi connectivity index (χ2n) is 4.69. The van der Waals surface area contributed by atoms with Crippen LogP contribution in [0, 0.1) is 5.82 Å². The van der Waals surface area contributed by atoms with Gasteiger partial charge in [0, 0.05) is 24.0 Å². The predicted octanol–water partition coefficient (Wildman–Crippen LogP) is 3.66. The van der Waals surface area contributed by atoms with Gasteiger partial charge in [0.1, 0.15) is 5.82 Å². The van der Waals surface area contributed by atoms with Crippen molar-refractivity contribution < 1.29 is 4.39 Å². The molecular weight excluding hydrogens is 251 g/mol. The molecule has 3 rings (SSSR count). The average molecular weight is 266 g/mol. The van der Waals surface area contributed by atoms with Crippen LogP contribution in [0.25, 0.3) is 10.9 Å². The Morgan fingerprint density at radius 3 is 2.55 bits per heavy atom. The van der Waals surface area contributed by atoms with Crippen LogP contribution in [-0.4, -0.2) is 4.98 Å². The molecule has 1 aromatic heterocycles. The van der Waals surface area contributed by atoms with Gasteiger partial charge in [-0.3, -0.25) is 4.98 Å². The fourth-order valence-electron chi connectivity index (χ4n) is 2.17. The third kappa shape index (κ3) is 2.83. The molecule has 0 saturated carbocycles. The Balaban J connectivity index is 1.67. The number of rotatable bonds is 4. The summed E-state index contributed by atoms with van der Waals surface area (Å²) >= 11 is 0. The first kappa shape index (κ1) is 12.8. The molecule has 0 fully saturated rings. The SMILES string of the molecule is Fc1ccccc1CNCc1ccc2ccccc2n1. The Morgan fingerprint density at radius 2 is 1.65 bits per heavy atom. The lowest BCUT2D eigenvalue weighted by molar-refractivity contribution is 0.586. The number of para-hydroxylation sites is 1. The summed E-state index contributed by atoms with van der Waals surface area (Å²) in [5, 5.41) is 4.35. The number of aromatic nitrogens is 1. The highest BCUT2D eigenvalue weighted by molar-refractivity contribution is 5.78. The molecule has 0 bridgehead atoms. The molecule has 0 unspecified atom stereocenters. The minimum atomic E-state index is -0.175. The molecule has 0 atom stereocenters. The van der Waals surface area contributed by atoms with E-state index in [1.165, 1.54) is 6.07 Å². The van der Waals surface area contributed by atoms with Gasteiger partial charge in [-0.2, -0.15) is 0 Å². The molecule has 2 aromatic carbocycles. The van der Waals surface area contributed by atoms with Gasteiger partial charge in [0.25, 0.3) is 0 Å². The molecule has 3 aromatic rings. The van der Waals surface area contributed by atoms with E-state index in [0.717, 1.165) is 16.6 Å². The van der Waals surface area contributed by atoms with Crippen LogP contribution < -0.4 is 5.32 Å². The summed E-state index contributed by atoms with van der Waals surface area (Å²) in [6.45, 7) is 1.13. The molecule has 3 heteroatoms. The van der Waals surface area contributed by atoms with Crippen molar-refractivity contribution in [1.29, 1.82) is 0 Å². The lowest BCUT2D eigenvalue weighted by Crippen LogP contribution is -2.14. The van der Waals surface area contributed by atoms with Gasteiger partial charge in [-0.25, -0.2) is 4.39 Å². The molecule has 0 aliphatic carbocycles. The number of hydrogen-bond acceptors (Lipinski definition) is 2. The molecule has 0 radical (unpaired) electrons. The number of pyridine rings is 1. The zero-order valence-electron chi connectivity index (χ0n) is 11.0. The Hall–Kier alpha value is -2.26. The van der Waals surface area contributed by atoms with E-state index < -0.39 is 0 Å². The molecule has 20 heavy (non-hydrogen) atoms. The van der Waals surface area contributed by atoms with Crippen LogP contribution in [0.1, 0.15) is 11.3 Å². The number of benzene rings is 2. The zero-order valence-corrected chi connectivity index (χ0v) is 11.0. The van der Waals surface area contributed by atoms with Crippen molar-refractivity contribution in [3.63, 3.8) is 0 Å². The van der Waals surface area contributed by atoms with Gasteiger partial charge in [-0.15, -0.1) is 0 Å². The topological polar surface area (TPSA) is 24.9 Å². The number of nitrogens with zero attached hydrogens (tertiary/aromatic N) is 1. The smallest absolute Gasteiger partial charge is 0.127 e. The highest BCUT2D eigenvalue weighted by Gasteiger charge is 2.01. The standard InChI is InChI=1S/C17H15FN2/c18-16-7-3-1-6-14(16)11-19-12-15-10-9-13-5-2-4-8-17(13)20-15/h1-10,19H,11-12H2. The summed E-state index contributed by atoms with van der Waals surface area (Å²) in [4.78, 5) is 4.57. The fraction of sp³-hybridized carbons (Fsp3) is 0.118. The number of fused-ring (bicyclic) bond motifs is 1. The van der Waals surface area contributed by atoms with E-state index in [1.807, 2.05) is 36.4 Å². The van der Waals surface area contributed by atoms with Crippen LogP contribution in [0.5, 0.6) is 0 Å². The second-order valence-corrected chi connectivity index (χ2v) is 4.69. The van der Waals surface area contributed by atoms with Gasteiger partial charge in [-0.1, -0.05) is 42.5 Å². The highest BCUT2D eigenvalue weighted by atomic mass is 19.1.